The second-order valence-electron chi connectivity index (χ2n) is 8.06. The summed E-state index contributed by atoms with van der Waals surface area (Å²) in [7, 11) is -0.439. The average molecular weight is 377 g/mol. The van der Waals surface area contributed by atoms with E-state index >= 15 is 0 Å². The van der Waals surface area contributed by atoms with Crippen LogP contribution in [0.25, 0.3) is 0 Å². The molecule has 0 N–H and O–H groups in total. The standard InChI is InChI=1S/C18H28BN3O3S/c1-13(23)22-9-7-6-8-15(22)12-26-16-20-10-14(11-21-16)19-24-17(2,3)18(4,5)25-19/h10-11,15H,6-9,12H2,1-5H3. The lowest BCUT2D eigenvalue weighted by Gasteiger charge is -2.34. The molecule has 1 unspecified atom stereocenters. The third-order valence-electron chi connectivity index (χ3n) is 5.61. The number of carbonyl (C=O) groups is 1. The number of aromatic nitrogens is 2. The van der Waals surface area contributed by atoms with Crippen LogP contribution in [0.2, 0.25) is 0 Å². The minimum Gasteiger partial charge on any atom is -0.399 e. The Morgan fingerprint density at radius 2 is 1.85 bits per heavy atom. The van der Waals surface area contributed by atoms with Crippen molar-refractivity contribution in [3.63, 3.8) is 0 Å². The highest BCUT2D eigenvalue weighted by Crippen LogP contribution is 2.36. The zero-order valence-electron chi connectivity index (χ0n) is 16.3. The van der Waals surface area contributed by atoms with Crippen molar-refractivity contribution in [2.45, 2.75) is 76.3 Å². The molecule has 1 aromatic heterocycles. The molecule has 26 heavy (non-hydrogen) atoms. The molecule has 8 heteroatoms. The lowest BCUT2D eigenvalue weighted by Crippen LogP contribution is -2.43. The third kappa shape index (κ3) is 4.07. The van der Waals surface area contributed by atoms with Crippen molar-refractivity contribution in [2.24, 2.45) is 0 Å². The molecule has 1 aromatic rings. The Morgan fingerprint density at radius 1 is 1.23 bits per heavy atom. The van der Waals surface area contributed by atoms with Crippen LogP contribution in [0, 0.1) is 0 Å². The largest absolute Gasteiger partial charge is 0.498 e. The summed E-state index contributed by atoms with van der Waals surface area (Å²) in [5.74, 6) is 0.988. The van der Waals surface area contributed by atoms with Gasteiger partial charge in [0.1, 0.15) is 0 Å². The maximum Gasteiger partial charge on any atom is 0.498 e. The van der Waals surface area contributed by atoms with Gasteiger partial charge in [-0.3, -0.25) is 4.79 Å². The Labute approximate surface area is 160 Å². The number of nitrogens with zero attached hydrogens (tertiary/aromatic N) is 3. The molecule has 0 bridgehead atoms. The number of likely N-dealkylation sites (tertiary alicyclic amines) is 1. The van der Waals surface area contributed by atoms with Crippen LogP contribution in [0.3, 0.4) is 0 Å². The summed E-state index contributed by atoms with van der Waals surface area (Å²) >= 11 is 1.60. The Kier molecular flexibility index (Phi) is 5.65. The van der Waals surface area contributed by atoms with E-state index < -0.39 is 7.12 Å². The van der Waals surface area contributed by atoms with Crippen molar-refractivity contribution >= 4 is 30.3 Å². The molecule has 0 aliphatic carbocycles. The van der Waals surface area contributed by atoms with Gasteiger partial charge in [-0.25, -0.2) is 9.97 Å². The van der Waals surface area contributed by atoms with E-state index in [-0.39, 0.29) is 23.2 Å². The van der Waals surface area contributed by atoms with Gasteiger partial charge >= 0.3 is 7.12 Å². The van der Waals surface area contributed by atoms with Crippen LogP contribution >= 0.6 is 11.8 Å². The molecule has 0 radical (unpaired) electrons. The van der Waals surface area contributed by atoms with E-state index in [1.165, 1.54) is 6.42 Å². The van der Waals surface area contributed by atoms with Gasteiger partial charge in [-0.15, -0.1) is 0 Å². The highest BCUT2D eigenvalue weighted by molar-refractivity contribution is 7.99. The van der Waals surface area contributed by atoms with Gasteiger partial charge < -0.3 is 14.2 Å². The fraction of sp³-hybridized carbons (Fsp3) is 0.722. The molecule has 0 saturated carbocycles. The first-order valence-electron chi connectivity index (χ1n) is 9.27. The summed E-state index contributed by atoms with van der Waals surface area (Å²) in [5.41, 5.74) is 0.0841. The molecule has 6 nitrogen and oxygen atoms in total. The fourth-order valence-corrected chi connectivity index (χ4v) is 4.20. The van der Waals surface area contributed by atoms with Crippen LogP contribution in [0.1, 0.15) is 53.9 Å². The van der Waals surface area contributed by atoms with E-state index in [9.17, 15) is 4.79 Å². The Bertz CT molecular complexity index is 638. The highest BCUT2D eigenvalue weighted by Gasteiger charge is 2.51. The zero-order valence-corrected chi connectivity index (χ0v) is 17.1. The number of carbonyl (C=O) groups excluding carboxylic acids is 1. The van der Waals surface area contributed by atoms with Crippen molar-refractivity contribution in [3.05, 3.63) is 12.4 Å². The highest BCUT2D eigenvalue weighted by atomic mass is 32.2. The van der Waals surface area contributed by atoms with Crippen LogP contribution in [0.5, 0.6) is 0 Å². The van der Waals surface area contributed by atoms with Gasteiger partial charge in [0.05, 0.1) is 11.2 Å². The maximum absolute atomic E-state index is 11.8. The number of hydrogen-bond acceptors (Lipinski definition) is 6. The van der Waals surface area contributed by atoms with E-state index in [0.717, 1.165) is 35.8 Å². The Morgan fingerprint density at radius 3 is 2.42 bits per heavy atom. The average Bonchev–Trinajstić information content (AvgIpc) is 2.81. The van der Waals surface area contributed by atoms with E-state index in [1.54, 1.807) is 31.1 Å². The first kappa shape index (κ1) is 19.6. The third-order valence-corrected chi connectivity index (χ3v) is 6.63. The summed E-state index contributed by atoms with van der Waals surface area (Å²) in [6, 6.07) is 0.276. The summed E-state index contributed by atoms with van der Waals surface area (Å²) < 4.78 is 12.1. The fourth-order valence-electron chi connectivity index (χ4n) is 3.26. The SMILES string of the molecule is CC(=O)N1CCCCC1CSc1ncc(B2OC(C)(C)C(C)(C)O2)cn1. The number of thioether (sulfide) groups is 1. The van der Waals surface area contributed by atoms with Crippen LogP contribution in [-0.4, -0.2) is 57.4 Å². The number of amides is 1. The predicted octanol–water partition coefficient (Wildman–Crippen LogP) is 2.27. The van der Waals surface area contributed by atoms with Gasteiger partial charge in [0.2, 0.25) is 5.91 Å². The molecule has 2 saturated heterocycles. The molecule has 142 valence electrons. The normalized spacial score (nSPS) is 24.7. The van der Waals surface area contributed by atoms with E-state index in [1.807, 2.05) is 32.6 Å². The molecule has 3 heterocycles. The lowest BCUT2D eigenvalue weighted by molar-refractivity contribution is -0.131. The molecule has 1 atom stereocenters. The van der Waals surface area contributed by atoms with Crippen molar-refractivity contribution in [3.8, 4) is 0 Å². The predicted molar refractivity (Wildman–Crippen MR) is 103 cm³/mol. The van der Waals surface area contributed by atoms with Crippen molar-refractivity contribution < 1.29 is 14.1 Å². The van der Waals surface area contributed by atoms with Gasteiger partial charge in [0.25, 0.3) is 0 Å². The molecule has 2 fully saturated rings. The molecule has 0 spiro atoms. The quantitative estimate of drug-likeness (QED) is 0.456. The molecule has 2 aliphatic heterocycles. The molecular formula is C18H28BN3O3S. The Hall–Kier alpha value is -1.12. The van der Waals surface area contributed by atoms with Crippen molar-refractivity contribution in [2.75, 3.05) is 12.3 Å². The van der Waals surface area contributed by atoms with Crippen LogP contribution in [0.4, 0.5) is 0 Å². The molecule has 1 amide bonds. The van der Waals surface area contributed by atoms with E-state index in [4.69, 9.17) is 9.31 Å². The minimum absolute atomic E-state index is 0.160. The first-order valence-corrected chi connectivity index (χ1v) is 10.3. The summed E-state index contributed by atoms with van der Waals surface area (Å²) in [6.45, 7) is 10.6. The Balaban J connectivity index is 1.59. The lowest BCUT2D eigenvalue weighted by atomic mass is 9.81. The molecule has 0 aromatic carbocycles. The smallest absolute Gasteiger partial charge is 0.399 e. The van der Waals surface area contributed by atoms with Crippen molar-refractivity contribution in [1.82, 2.24) is 14.9 Å². The number of piperidine rings is 1. The van der Waals surface area contributed by atoms with Crippen LogP contribution in [0.15, 0.2) is 17.6 Å². The van der Waals surface area contributed by atoms with Gasteiger partial charge in [0, 0.05) is 43.1 Å². The monoisotopic (exact) mass is 377 g/mol. The summed E-state index contributed by atoms with van der Waals surface area (Å²) in [6.07, 6.45) is 6.89. The molecule has 2 aliphatic rings. The topological polar surface area (TPSA) is 64.6 Å². The van der Waals surface area contributed by atoms with Gasteiger partial charge in [-0.05, 0) is 47.0 Å². The molecule has 3 rings (SSSR count). The second-order valence-corrected chi connectivity index (χ2v) is 9.05. The van der Waals surface area contributed by atoms with Crippen molar-refractivity contribution in [1.29, 1.82) is 0 Å². The zero-order chi connectivity index (χ0) is 18.9. The number of rotatable bonds is 4. The van der Waals surface area contributed by atoms with E-state index in [2.05, 4.69) is 9.97 Å². The van der Waals surface area contributed by atoms with Gasteiger partial charge in [0.15, 0.2) is 5.16 Å². The van der Waals surface area contributed by atoms with E-state index in [0.29, 0.717) is 0 Å². The van der Waals surface area contributed by atoms with Gasteiger partial charge in [-0.1, -0.05) is 11.8 Å². The van der Waals surface area contributed by atoms with Gasteiger partial charge in [-0.2, -0.15) is 0 Å². The number of hydrogen-bond donors (Lipinski definition) is 0. The van der Waals surface area contributed by atoms with Crippen LogP contribution in [-0.2, 0) is 14.1 Å². The first-order chi connectivity index (χ1) is 12.2. The maximum atomic E-state index is 11.8. The summed E-state index contributed by atoms with van der Waals surface area (Å²) in [5, 5.41) is 0.722. The second kappa shape index (κ2) is 7.48. The minimum atomic E-state index is -0.439. The summed E-state index contributed by atoms with van der Waals surface area (Å²) in [4.78, 5) is 22.7. The van der Waals surface area contributed by atoms with Crippen LogP contribution < -0.4 is 5.46 Å². The molecular weight excluding hydrogens is 349 g/mol.